The normalized spacial score (nSPS) is 25.5. The molecule has 1 saturated heterocycles. The highest BCUT2D eigenvalue weighted by atomic mass is 16.3. The van der Waals surface area contributed by atoms with E-state index in [0.717, 1.165) is 31.1 Å². The van der Waals surface area contributed by atoms with Gasteiger partial charge in [-0.1, -0.05) is 0 Å². The molecule has 2 aliphatic heterocycles. The molecule has 1 atom stereocenters. The Morgan fingerprint density at radius 2 is 2.05 bits per heavy atom. The highest BCUT2D eigenvalue weighted by Crippen LogP contribution is 2.28. The van der Waals surface area contributed by atoms with E-state index in [4.69, 9.17) is 4.98 Å². The highest BCUT2D eigenvalue weighted by Gasteiger charge is 2.24. The van der Waals surface area contributed by atoms with E-state index in [0.29, 0.717) is 0 Å². The molecule has 3 rings (SSSR count). The molecule has 4 nitrogen and oxygen atoms in total. The maximum atomic E-state index is 9.44. The second kappa shape index (κ2) is 5.63. The highest BCUT2D eigenvalue weighted by molar-refractivity contribution is 5.11. The van der Waals surface area contributed by atoms with Crippen molar-refractivity contribution in [3.63, 3.8) is 0 Å². The summed E-state index contributed by atoms with van der Waals surface area (Å²) in [4.78, 5) is 7.22. The molecule has 0 amide bonds. The zero-order valence-electron chi connectivity index (χ0n) is 11.9. The van der Waals surface area contributed by atoms with Crippen LogP contribution in [0, 0.1) is 5.92 Å². The van der Waals surface area contributed by atoms with Crippen LogP contribution in [-0.2, 0) is 13.0 Å². The Bertz CT molecular complexity index is 421. The number of hydrogen-bond acceptors (Lipinski definition) is 3. The third-order valence-electron chi connectivity index (χ3n) is 4.73. The van der Waals surface area contributed by atoms with Crippen molar-refractivity contribution in [1.29, 1.82) is 0 Å². The number of aryl methyl sites for hydroxylation is 1. The number of aliphatic hydroxyl groups is 1. The predicted octanol–water partition coefficient (Wildman–Crippen LogP) is 1.64. The van der Waals surface area contributed by atoms with Crippen LogP contribution < -0.4 is 0 Å². The monoisotopic (exact) mass is 263 g/mol. The van der Waals surface area contributed by atoms with Gasteiger partial charge >= 0.3 is 0 Å². The number of aliphatic hydroxyl groups excluding tert-OH is 1. The Labute approximate surface area is 115 Å². The Kier molecular flexibility index (Phi) is 3.89. The van der Waals surface area contributed by atoms with E-state index in [1.165, 1.54) is 38.0 Å². The standard InChI is InChI=1S/C15H25N3O/c1-17-7-4-12(5-8-17)9-14-10-18-6-2-3-13(11-19)15(18)16-14/h10,12-13,19H,2-9,11H2,1H3. The number of aromatic nitrogens is 2. The molecule has 19 heavy (non-hydrogen) atoms. The predicted molar refractivity (Wildman–Crippen MR) is 75.2 cm³/mol. The van der Waals surface area contributed by atoms with Gasteiger partial charge in [-0.3, -0.25) is 0 Å². The average Bonchev–Trinajstić information content (AvgIpc) is 2.83. The smallest absolute Gasteiger partial charge is 0.114 e. The second-order valence-corrected chi connectivity index (χ2v) is 6.26. The van der Waals surface area contributed by atoms with Crippen molar-refractivity contribution < 1.29 is 5.11 Å². The molecule has 1 aromatic heterocycles. The van der Waals surface area contributed by atoms with Crippen LogP contribution in [0.25, 0.3) is 0 Å². The minimum Gasteiger partial charge on any atom is -0.396 e. The zero-order valence-corrected chi connectivity index (χ0v) is 11.9. The molecule has 1 unspecified atom stereocenters. The first-order valence-electron chi connectivity index (χ1n) is 7.61. The maximum absolute atomic E-state index is 9.44. The average molecular weight is 263 g/mol. The van der Waals surface area contributed by atoms with Gasteiger partial charge in [0.05, 0.1) is 12.3 Å². The van der Waals surface area contributed by atoms with Crippen molar-refractivity contribution in [2.75, 3.05) is 26.7 Å². The largest absolute Gasteiger partial charge is 0.396 e. The minimum absolute atomic E-state index is 0.241. The van der Waals surface area contributed by atoms with Crippen LogP contribution in [0.1, 0.15) is 43.1 Å². The van der Waals surface area contributed by atoms with Crippen LogP contribution in [0.4, 0.5) is 0 Å². The van der Waals surface area contributed by atoms with Crippen molar-refractivity contribution in [3.05, 3.63) is 17.7 Å². The molecule has 0 spiro atoms. The van der Waals surface area contributed by atoms with Crippen molar-refractivity contribution in [2.45, 2.75) is 44.6 Å². The first-order chi connectivity index (χ1) is 9.26. The zero-order chi connectivity index (χ0) is 13.2. The summed E-state index contributed by atoms with van der Waals surface area (Å²) in [6, 6.07) is 0. The van der Waals surface area contributed by atoms with E-state index in [9.17, 15) is 5.11 Å². The van der Waals surface area contributed by atoms with E-state index in [-0.39, 0.29) is 12.5 Å². The molecule has 1 fully saturated rings. The van der Waals surface area contributed by atoms with E-state index >= 15 is 0 Å². The molecular weight excluding hydrogens is 238 g/mol. The summed E-state index contributed by atoms with van der Waals surface area (Å²) in [6.07, 6.45) is 8.19. The van der Waals surface area contributed by atoms with Crippen molar-refractivity contribution in [3.8, 4) is 0 Å². The minimum atomic E-state index is 0.241. The van der Waals surface area contributed by atoms with Gasteiger partial charge < -0.3 is 14.6 Å². The fourth-order valence-corrected chi connectivity index (χ4v) is 3.46. The van der Waals surface area contributed by atoms with Gasteiger partial charge in [-0.25, -0.2) is 4.98 Å². The van der Waals surface area contributed by atoms with Gasteiger partial charge in [0.1, 0.15) is 5.82 Å². The molecular formula is C15H25N3O. The van der Waals surface area contributed by atoms with E-state index in [2.05, 4.69) is 22.7 Å². The van der Waals surface area contributed by atoms with Gasteiger partial charge in [0.15, 0.2) is 0 Å². The van der Waals surface area contributed by atoms with Gasteiger partial charge in [0.2, 0.25) is 0 Å². The number of piperidine rings is 1. The number of nitrogens with zero attached hydrogens (tertiary/aromatic N) is 3. The molecule has 2 aliphatic rings. The van der Waals surface area contributed by atoms with Crippen LogP contribution in [-0.4, -0.2) is 46.3 Å². The fraction of sp³-hybridized carbons (Fsp3) is 0.800. The molecule has 3 heterocycles. The lowest BCUT2D eigenvalue weighted by Gasteiger charge is -2.28. The fourth-order valence-electron chi connectivity index (χ4n) is 3.46. The third-order valence-corrected chi connectivity index (χ3v) is 4.73. The van der Waals surface area contributed by atoms with Crippen molar-refractivity contribution in [1.82, 2.24) is 14.5 Å². The molecule has 0 aromatic carbocycles. The summed E-state index contributed by atoms with van der Waals surface area (Å²) in [6.45, 7) is 3.76. The topological polar surface area (TPSA) is 41.3 Å². The summed E-state index contributed by atoms with van der Waals surface area (Å²) in [5, 5.41) is 9.44. The van der Waals surface area contributed by atoms with Crippen LogP contribution in [0.2, 0.25) is 0 Å². The molecule has 0 radical (unpaired) electrons. The number of imidazole rings is 1. The van der Waals surface area contributed by atoms with E-state index in [1.54, 1.807) is 0 Å². The lowest BCUT2D eigenvalue weighted by Crippen LogP contribution is -2.31. The summed E-state index contributed by atoms with van der Waals surface area (Å²) >= 11 is 0. The Balaban J connectivity index is 1.67. The molecule has 0 bridgehead atoms. The third kappa shape index (κ3) is 2.84. The second-order valence-electron chi connectivity index (χ2n) is 6.26. The van der Waals surface area contributed by atoms with Crippen LogP contribution in [0.15, 0.2) is 6.20 Å². The Morgan fingerprint density at radius 3 is 2.79 bits per heavy atom. The quantitative estimate of drug-likeness (QED) is 0.901. The maximum Gasteiger partial charge on any atom is 0.114 e. The first-order valence-corrected chi connectivity index (χ1v) is 7.61. The molecule has 4 heteroatoms. The van der Waals surface area contributed by atoms with E-state index in [1.807, 2.05) is 0 Å². The molecule has 1 N–H and O–H groups in total. The van der Waals surface area contributed by atoms with Gasteiger partial charge in [-0.05, 0) is 58.2 Å². The van der Waals surface area contributed by atoms with E-state index < -0.39 is 0 Å². The first kappa shape index (κ1) is 13.1. The summed E-state index contributed by atoms with van der Waals surface area (Å²) in [5.41, 5.74) is 1.24. The molecule has 106 valence electrons. The SMILES string of the molecule is CN1CCC(Cc2cn3c(n2)C(CO)CCC3)CC1. The number of rotatable bonds is 3. The van der Waals surface area contributed by atoms with Crippen molar-refractivity contribution >= 4 is 0 Å². The van der Waals surface area contributed by atoms with Gasteiger partial charge in [0, 0.05) is 18.7 Å². The van der Waals surface area contributed by atoms with Crippen LogP contribution >= 0.6 is 0 Å². The Hall–Kier alpha value is -0.870. The summed E-state index contributed by atoms with van der Waals surface area (Å²) in [7, 11) is 2.21. The number of fused-ring (bicyclic) bond motifs is 1. The van der Waals surface area contributed by atoms with Crippen molar-refractivity contribution in [2.24, 2.45) is 5.92 Å². The number of likely N-dealkylation sites (tertiary alicyclic amines) is 1. The van der Waals surface area contributed by atoms with Gasteiger partial charge in [-0.2, -0.15) is 0 Å². The summed E-state index contributed by atoms with van der Waals surface area (Å²) < 4.78 is 2.27. The van der Waals surface area contributed by atoms with Gasteiger partial charge in [-0.15, -0.1) is 0 Å². The lowest BCUT2D eigenvalue weighted by atomic mass is 9.93. The number of hydrogen-bond donors (Lipinski definition) is 1. The summed E-state index contributed by atoms with van der Waals surface area (Å²) in [5.74, 6) is 2.18. The molecule has 1 aromatic rings. The Morgan fingerprint density at radius 1 is 1.26 bits per heavy atom. The molecule has 0 saturated carbocycles. The van der Waals surface area contributed by atoms with Gasteiger partial charge in [0.25, 0.3) is 0 Å². The van der Waals surface area contributed by atoms with Crippen LogP contribution in [0.5, 0.6) is 0 Å². The van der Waals surface area contributed by atoms with Crippen LogP contribution in [0.3, 0.4) is 0 Å². The lowest BCUT2D eigenvalue weighted by molar-refractivity contribution is 0.218. The molecule has 0 aliphatic carbocycles.